The summed E-state index contributed by atoms with van der Waals surface area (Å²) in [5.74, 6) is -0.159. The molecule has 22 heavy (non-hydrogen) atoms. The maximum absolute atomic E-state index is 11.4. The highest BCUT2D eigenvalue weighted by Gasteiger charge is 2.26. The molecule has 5 nitrogen and oxygen atoms in total. The summed E-state index contributed by atoms with van der Waals surface area (Å²) in [5, 5.41) is 24.7. The first-order valence-electron chi connectivity index (χ1n) is 7.48. The Morgan fingerprint density at radius 2 is 2.09 bits per heavy atom. The molecule has 0 bridgehead atoms. The molecule has 0 aromatic heterocycles. The fraction of sp³-hybridized carbons (Fsp3) is 0.438. The normalized spacial score (nSPS) is 15.9. The second kappa shape index (κ2) is 7.35. The van der Waals surface area contributed by atoms with Crippen molar-refractivity contribution in [2.24, 2.45) is 0 Å². The molecule has 1 saturated carbocycles. The van der Waals surface area contributed by atoms with Crippen LogP contribution in [-0.4, -0.2) is 21.1 Å². The second-order valence-electron chi connectivity index (χ2n) is 5.46. The number of benzene rings is 1. The van der Waals surface area contributed by atoms with Crippen LogP contribution in [0.25, 0.3) is 6.08 Å². The molecule has 0 spiro atoms. The number of phenols is 1. The summed E-state index contributed by atoms with van der Waals surface area (Å²) in [7, 11) is 0. The van der Waals surface area contributed by atoms with Gasteiger partial charge in [-0.15, -0.1) is 0 Å². The number of hydrogen-bond donors (Lipinski definition) is 2. The Bertz CT molecular complexity index is 608. The Hall–Kier alpha value is -1.95. The number of nitrogens with zero attached hydrogens (tertiary/aromatic N) is 1. The minimum absolute atomic E-state index is 0.112. The van der Waals surface area contributed by atoms with Gasteiger partial charge in [0.2, 0.25) is 0 Å². The van der Waals surface area contributed by atoms with Gasteiger partial charge in [0.15, 0.2) is 0 Å². The number of hydrogen-bond acceptors (Lipinski definition) is 4. The van der Waals surface area contributed by atoms with Crippen LogP contribution in [0.3, 0.4) is 0 Å². The fourth-order valence-electron chi connectivity index (χ4n) is 2.84. The smallest absolute Gasteiger partial charge is 0.290 e. The Morgan fingerprint density at radius 3 is 2.68 bits per heavy atom. The van der Waals surface area contributed by atoms with Gasteiger partial charge in [-0.3, -0.25) is 10.1 Å². The molecule has 0 saturated heterocycles. The van der Waals surface area contributed by atoms with E-state index in [0.717, 1.165) is 25.7 Å². The zero-order valence-electron chi connectivity index (χ0n) is 12.5. The van der Waals surface area contributed by atoms with Crippen molar-refractivity contribution < 1.29 is 10.0 Å². The quantitative estimate of drug-likeness (QED) is 0.499. The molecular weight excluding hydrogens is 300 g/mol. The average molecular weight is 320 g/mol. The number of aromatic hydroxyl groups is 1. The van der Waals surface area contributed by atoms with E-state index in [0.29, 0.717) is 5.56 Å². The predicted molar refractivity (Wildman–Crippen MR) is 91.2 cm³/mol. The lowest BCUT2D eigenvalue weighted by Gasteiger charge is -2.24. The molecule has 0 aliphatic heterocycles. The van der Waals surface area contributed by atoms with E-state index in [1.165, 1.54) is 18.6 Å². The number of nitrogens with one attached hydrogen (secondary N) is 1. The Kier molecular flexibility index (Phi) is 5.49. The van der Waals surface area contributed by atoms with Gasteiger partial charge in [0, 0.05) is 6.04 Å². The third kappa shape index (κ3) is 3.62. The van der Waals surface area contributed by atoms with E-state index in [1.54, 1.807) is 19.1 Å². The number of nitro benzene ring substituents is 1. The topological polar surface area (TPSA) is 75.4 Å². The molecule has 0 heterocycles. The molecular formula is C16H20N2O3S. The number of rotatable bonds is 4. The van der Waals surface area contributed by atoms with Crippen molar-refractivity contribution >= 4 is 29.0 Å². The van der Waals surface area contributed by atoms with Crippen LogP contribution >= 0.6 is 12.2 Å². The summed E-state index contributed by atoms with van der Waals surface area (Å²) in [4.78, 5) is 11.2. The predicted octanol–water partition coefficient (Wildman–Crippen LogP) is 3.93. The summed E-state index contributed by atoms with van der Waals surface area (Å²) in [6.07, 6.45) is 8.85. The number of phenolic OH excluding ortho intramolecular Hbond substituents is 1. The summed E-state index contributed by atoms with van der Waals surface area (Å²) in [6, 6.07) is 3.21. The summed E-state index contributed by atoms with van der Waals surface area (Å²) >= 11 is 5.34. The molecule has 2 rings (SSSR count). The zero-order chi connectivity index (χ0) is 16.1. The van der Waals surface area contributed by atoms with Crippen LogP contribution in [0, 0.1) is 10.1 Å². The van der Waals surface area contributed by atoms with E-state index >= 15 is 0 Å². The van der Waals surface area contributed by atoms with Gasteiger partial charge in [-0.1, -0.05) is 43.6 Å². The second-order valence-corrected chi connectivity index (χ2v) is 5.87. The van der Waals surface area contributed by atoms with Crippen LogP contribution in [-0.2, 0) is 0 Å². The highest BCUT2D eigenvalue weighted by atomic mass is 32.1. The van der Waals surface area contributed by atoms with Crippen molar-refractivity contribution in [3.8, 4) is 5.75 Å². The van der Waals surface area contributed by atoms with Crippen LogP contribution < -0.4 is 5.32 Å². The lowest BCUT2D eigenvalue weighted by Crippen LogP contribution is -2.36. The van der Waals surface area contributed by atoms with E-state index in [4.69, 9.17) is 12.2 Å². The van der Waals surface area contributed by atoms with Crippen molar-refractivity contribution in [3.63, 3.8) is 0 Å². The lowest BCUT2D eigenvalue weighted by molar-refractivity contribution is -0.385. The SMILES string of the molecule is CC=Cc1ccc(O)c(C(=S)NC2CCCCC2)c1[N+](=O)[O-]. The van der Waals surface area contributed by atoms with E-state index in [2.05, 4.69) is 5.32 Å². The zero-order valence-corrected chi connectivity index (χ0v) is 13.4. The van der Waals surface area contributed by atoms with E-state index in [9.17, 15) is 15.2 Å². The monoisotopic (exact) mass is 320 g/mol. The Labute approximate surface area is 135 Å². The van der Waals surface area contributed by atoms with Crippen LogP contribution in [0.1, 0.15) is 50.2 Å². The van der Waals surface area contributed by atoms with Crippen molar-refractivity contribution in [1.82, 2.24) is 5.32 Å². The van der Waals surface area contributed by atoms with Gasteiger partial charge in [0.05, 0.1) is 10.5 Å². The van der Waals surface area contributed by atoms with Crippen molar-refractivity contribution in [1.29, 1.82) is 0 Å². The van der Waals surface area contributed by atoms with E-state index in [-0.39, 0.29) is 28.0 Å². The van der Waals surface area contributed by atoms with Crippen LogP contribution in [0.5, 0.6) is 5.75 Å². The third-order valence-corrected chi connectivity index (χ3v) is 4.21. The molecule has 6 heteroatoms. The Morgan fingerprint density at radius 1 is 1.41 bits per heavy atom. The maximum Gasteiger partial charge on any atom is 0.290 e. The molecule has 1 aliphatic carbocycles. The highest BCUT2D eigenvalue weighted by molar-refractivity contribution is 7.80. The number of thiocarbonyl (C=S) groups is 1. The first-order chi connectivity index (χ1) is 10.5. The molecule has 1 aromatic carbocycles. The third-order valence-electron chi connectivity index (χ3n) is 3.88. The largest absolute Gasteiger partial charge is 0.507 e. The minimum atomic E-state index is -0.487. The van der Waals surface area contributed by atoms with Gasteiger partial charge in [-0.25, -0.2) is 0 Å². The molecule has 1 aliphatic rings. The molecule has 118 valence electrons. The lowest BCUT2D eigenvalue weighted by atomic mass is 9.95. The molecule has 0 amide bonds. The molecule has 0 radical (unpaired) electrons. The minimum Gasteiger partial charge on any atom is -0.507 e. The van der Waals surface area contributed by atoms with E-state index in [1.807, 2.05) is 0 Å². The number of allylic oxidation sites excluding steroid dienone is 1. The van der Waals surface area contributed by atoms with Crippen molar-refractivity contribution in [2.75, 3.05) is 0 Å². The summed E-state index contributed by atoms with van der Waals surface area (Å²) in [6.45, 7) is 1.79. The van der Waals surface area contributed by atoms with E-state index < -0.39 is 4.92 Å². The summed E-state index contributed by atoms with van der Waals surface area (Å²) < 4.78 is 0. The first kappa shape index (κ1) is 16.4. The van der Waals surface area contributed by atoms with Gasteiger partial charge in [0.25, 0.3) is 5.69 Å². The average Bonchev–Trinajstić information content (AvgIpc) is 2.49. The molecule has 1 fully saturated rings. The van der Waals surface area contributed by atoms with Crippen LogP contribution in [0.15, 0.2) is 18.2 Å². The van der Waals surface area contributed by atoms with Crippen LogP contribution in [0.2, 0.25) is 0 Å². The highest BCUT2D eigenvalue weighted by Crippen LogP contribution is 2.33. The first-order valence-corrected chi connectivity index (χ1v) is 7.89. The molecule has 0 atom stereocenters. The number of nitro groups is 1. The molecule has 0 unspecified atom stereocenters. The van der Waals surface area contributed by atoms with Gasteiger partial charge in [-0.05, 0) is 31.9 Å². The molecule has 2 N–H and O–H groups in total. The van der Waals surface area contributed by atoms with Gasteiger partial charge in [-0.2, -0.15) is 0 Å². The summed E-state index contributed by atoms with van der Waals surface area (Å²) in [5.41, 5.74) is 0.403. The van der Waals surface area contributed by atoms with Crippen LogP contribution in [0.4, 0.5) is 5.69 Å². The van der Waals surface area contributed by atoms with Crippen molar-refractivity contribution in [3.05, 3.63) is 39.4 Å². The maximum atomic E-state index is 11.4. The van der Waals surface area contributed by atoms with Gasteiger partial charge in [0.1, 0.15) is 16.3 Å². The standard InChI is InChI=1S/C16H20N2O3S/c1-2-6-11-9-10-13(19)14(15(11)18(20)21)16(22)17-12-7-4-3-5-8-12/h2,6,9-10,12,19H,3-5,7-8H2,1H3,(H,17,22). The van der Waals surface area contributed by atoms with Gasteiger partial charge < -0.3 is 10.4 Å². The molecule has 1 aromatic rings. The van der Waals surface area contributed by atoms with Gasteiger partial charge >= 0.3 is 0 Å². The van der Waals surface area contributed by atoms with Crippen molar-refractivity contribution in [2.45, 2.75) is 45.1 Å². The Balaban J connectivity index is 2.37. The fourth-order valence-corrected chi connectivity index (χ4v) is 3.20.